The van der Waals surface area contributed by atoms with Gasteiger partial charge in [0.05, 0.1) is 5.56 Å². The molecule has 124 valence electrons. The summed E-state index contributed by atoms with van der Waals surface area (Å²) in [5, 5.41) is 8.85. The van der Waals surface area contributed by atoms with E-state index in [1.165, 1.54) is 24.3 Å². The number of ether oxygens (including phenoxy) is 1. The highest BCUT2D eigenvalue weighted by atomic mass is 19.3. The fourth-order valence-corrected chi connectivity index (χ4v) is 1.98. The molecule has 6 heteroatoms. The number of hydrogen-bond acceptors (Lipinski definition) is 2. The van der Waals surface area contributed by atoms with Gasteiger partial charge in [0.1, 0.15) is 5.75 Å². The van der Waals surface area contributed by atoms with E-state index in [9.17, 15) is 18.0 Å². The Morgan fingerprint density at radius 2 is 1.50 bits per heavy atom. The zero-order valence-corrected chi connectivity index (χ0v) is 12.6. The lowest BCUT2D eigenvalue weighted by atomic mass is 10.0. The molecule has 0 aliphatic heterocycles. The molecule has 0 unspecified atom stereocenters. The van der Waals surface area contributed by atoms with E-state index in [0.717, 1.165) is 16.7 Å². The standard InChI is InChI=1S/C18H13F3O3/c1-11(10-12-2-4-14(5-3-12)18(22)23)13-6-8-15(9-7-13)24-17(21)16(19)20/h2-10H,1H3,(H,22,23)/b11-10+. The first-order valence-electron chi connectivity index (χ1n) is 6.87. The number of hydrogen-bond donors (Lipinski definition) is 1. The molecule has 0 saturated carbocycles. The van der Waals surface area contributed by atoms with Gasteiger partial charge in [0, 0.05) is 0 Å². The first-order valence-corrected chi connectivity index (χ1v) is 6.87. The largest absolute Gasteiger partial charge is 0.478 e. The van der Waals surface area contributed by atoms with Gasteiger partial charge in [0.15, 0.2) is 0 Å². The molecule has 0 spiro atoms. The van der Waals surface area contributed by atoms with Crippen molar-refractivity contribution < 1.29 is 27.8 Å². The lowest BCUT2D eigenvalue weighted by Gasteiger charge is -2.05. The van der Waals surface area contributed by atoms with Crippen LogP contribution in [-0.4, -0.2) is 11.1 Å². The minimum atomic E-state index is -2.51. The van der Waals surface area contributed by atoms with Crippen molar-refractivity contribution in [1.82, 2.24) is 0 Å². The van der Waals surface area contributed by atoms with Crippen LogP contribution in [0.3, 0.4) is 0 Å². The van der Waals surface area contributed by atoms with Crippen LogP contribution < -0.4 is 4.74 Å². The predicted molar refractivity (Wildman–Crippen MR) is 84.4 cm³/mol. The second-order valence-corrected chi connectivity index (χ2v) is 4.92. The molecule has 0 fully saturated rings. The van der Waals surface area contributed by atoms with Crippen LogP contribution in [0.2, 0.25) is 0 Å². The lowest BCUT2D eigenvalue weighted by molar-refractivity contribution is 0.0697. The third-order valence-corrected chi connectivity index (χ3v) is 3.21. The van der Waals surface area contributed by atoms with Crippen molar-refractivity contribution in [1.29, 1.82) is 0 Å². The molecule has 0 aliphatic rings. The average Bonchev–Trinajstić information content (AvgIpc) is 2.55. The monoisotopic (exact) mass is 334 g/mol. The molecule has 2 rings (SSSR count). The third kappa shape index (κ3) is 4.49. The van der Waals surface area contributed by atoms with Crippen molar-refractivity contribution in [2.75, 3.05) is 0 Å². The van der Waals surface area contributed by atoms with Crippen LogP contribution in [0.25, 0.3) is 11.6 Å². The maximum Gasteiger partial charge on any atom is 0.344 e. The van der Waals surface area contributed by atoms with E-state index in [-0.39, 0.29) is 11.3 Å². The summed E-state index contributed by atoms with van der Waals surface area (Å²) in [6.07, 6.45) is -0.677. The van der Waals surface area contributed by atoms with Gasteiger partial charge in [0.2, 0.25) is 0 Å². The molecule has 0 atom stereocenters. The van der Waals surface area contributed by atoms with Gasteiger partial charge in [-0.15, -0.1) is 0 Å². The molecule has 0 radical (unpaired) electrons. The maximum absolute atomic E-state index is 12.7. The fourth-order valence-electron chi connectivity index (χ4n) is 1.98. The van der Waals surface area contributed by atoms with Crippen LogP contribution >= 0.6 is 0 Å². The van der Waals surface area contributed by atoms with Crippen LogP contribution in [0.15, 0.2) is 60.6 Å². The van der Waals surface area contributed by atoms with Gasteiger partial charge in [-0.2, -0.15) is 13.2 Å². The lowest BCUT2D eigenvalue weighted by Crippen LogP contribution is -1.94. The van der Waals surface area contributed by atoms with Gasteiger partial charge >= 0.3 is 18.1 Å². The van der Waals surface area contributed by atoms with Crippen LogP contribution in [0, 0.1) is 0 Å². The van der Waals surface area contributed by atoms with Crippen LogP contribution in [0.5, 0.6) is 5.75 Å². The van der Waals surface area contributed by atoms with E-state index < -0.39 is 18.1 Å². The van der Waals surface area contributed by atoms with Crippen molar-refractivity contribution in [3.8, 4) is 5.75 Å². The van der Waals surface area contributed by atoms with Crippen LogP contribution in [-0.2, 0) is 0 Å². The van der Waals surface area contributed by atoms with E-state index in [2.05, 4.69) is 4.74 Å². The number of halogens is 3. The summed E-state index contributed by atoms with van der Waals surface area (Å²) in [5.41, 5.74) is 2.65. The van der Waals surface area contributed by atoms with Crippen molar-refractivity contribution in [3.05, 3.63) is 77.3 Å². The number of carboxylic acids is 1. The zero-order chi connectivity index (χ0) is 17.7. The minimum Gasteiger partial charge on any atom is -0.478 e. The summed E-state index contributed by atoms with van der Waals surface area (Å²) in [6, 6.07) is 10.4. The summed E-state index contributed by atoms with van der Waals surface area (Å²) < 4.78 is 41.0. The molecule has 2 aromatic rings. The number of benzene rings is 2. The SMILES string of the molecule is C/C(=C\c1ccc(C(=O)O)cc1)c1ccc(OC(F)=C(F)F)cc1. The summed E-state index contributed by atoms with van der Waals surface area (Å²) in [7, 11) is 0. The molecule has 2 aromatic carbocycles. The molecule has 0 amide bonds. The van der Waals surface area contributed by atoms with E-state index in [0.29, 0.717) is 0 Å². The molecule has 0 aromatic heterocycles. The Labute approximate surface area is 136 Å². The second kappa shape index (κ2) is 7.50. The van der Waals surface area contributed by atoms with Gasteiger partial charge in [-0.3, -0.25) is 0 Å². The molecule has 0 bridgehead atoms. The summed E-state index contributed by atoms with van der Waals surface area (Å²) in [4.78, 5) is 10.8. The number of allylic oxidation sites excluding steroid dienone is 1. The molecule has 1 N–H and O–H groups in total. The fraction of sp³-hybridized carbons (Fsp3) is 0.0556. The molecule has 0 aliphatic carbocycles. The molecular formula is C18H13F3O3. The molecule has 0 saturated heterocycles. The highest BCUT2D eigenvalue weighted by molar-refractivity contribution is 5.88. The number of carbonyl (C=O) groups is 1. The van der Waals surface area contributed by atoms with Crippen LogP contribution in [0.1, 0.15) is 28.4 Å². The van der Waals surface area contributed by atoms with Gasteiger partial charge < -0.3 is 9.84 Å². The first kappa shape index (κ1) is 17.3. The molecular weight excluding hydrogens is 321 g/mol. The van der Waals surface area contributed by atoms with E-state index >= 15 is 0 Å². The summed E-state index contributed by atoms with van der Waals surface area (Å²) in [6.45, 7) is 1.84. The number of carboxylic acid groups (broad SMARTS) is 1. The number of rotatable bonds is 5. The highest BCUT2D eigenvalue weighted by Crippen LogP contribution is 2.23. The van der Waals surface area contributed by atoms with Gasteiger partial charge in [-0.1, -0.05) is 30.3 Å². The average molecular weight is 334 g/mol. The van der Waals surface area contributed by atoms with Crippen molar-refractivity contribution in [3.63, 3.8) is 0 Å². The third-order valence-electron chi connectivity index (χ3n) is 3.21. The number of aromatic carboxylic acids is 1. The Bertz CT molecular complexity index is 787. The van der Waals surface area contributed by atoms with Gasteiger partial charge in [-0.05, 0) is 47.9 Å². The van der Waals surface area contributed by atoms with Crippen molar-refractivity contribution >= 4 is 17.6 Å². The highest BCUT2D eigenvalue weighted by Gasteiger charge is 2.08. The Hall–Kier alpha value is -3.02. The Morgan fingerprint density at radius 1 is 0.958 bits per heavy atom. The van der Waals surface area contributed by atoms with Crippen molar-refractivity contribution in [2.24, 2.45) is 0 Å². The molecule has 3 nitrogen and oxygen atoms in total. The molecule has 0 heterocycles. The normalized spacial score (nSPS) is 11.1. The Balaban J connectivity index is 2.15. The first-order chi connectivity index (χ1) is 11.4. The van der Waals surface area contributed by atoms with Gasteiger partial charge in [0.25, 0.3) is 0 Å². The predicted octanol–water partition coefficient (Wildman–Crippen LogP) is 5.36. The van der Waals surface area contributed by atoms with E-state index in [4.69, 9.17) is 5.11 Å². The van der Waals surface area contributed by atoms with E-state index in [1.807, 2.05) is 13.0 Å². The Morgan fingerprint density at radius 3 is 2.00 bits per heavy atom. The summed E-state index contributed by atoms with van der Waals surface area (Å²) in [5.74, 6) is -1.04. The maximum atomic E-state index is 12.7. The van der Waals surface area contributed by atoms with Crippen LogP contribution in [0.4, 0.5) is 13.2 Å². The summed E-state index contributed by atoms with van der Waals surface area (Å²) >= 11 is 0. The topological polar surface area (TPSA) is 46.5 Å². The Kier molecular flexibility index (Phi) is 5.42. The quantitative estimate of drug-likeness (QED) is 0.591. The minimum absolute atomic E-state index is 0.0392. The van der Waals surface area contributed by atoms with E-state index in [1.54, 1.807) is 24.3 Å². The van der Waals surface area contributed by atoms with Crippen molar-refractivity contribution in [2.45, 2.75) is 6.92 Å². The zero-order valence-electron chi connectivity index (χ0n) is 12.6. The smallest absolute Gasteiger partial charge is 0.344 e. The molecule has 24 heavy (non-hydrogen) atoms. The van der Waals surface area contributed by atoms with Gasteiger partial charge in [-0.25, -0.2) is 4.79 Å². The second-order valence-electron chi connectivity index (χ2n) is 4.92.